The van der Waals surface area contributed by atoms with Crippen LogP contribution in [0.4, 0.5) is 0 Å². The zero-order chi connectivity index (χ0) is 10.3. The number of aromatic nitrogens is 1. The van der Waals surface area contributed by atoms with E-state index in [1.165, 1.54) is 6.42 Å². The first-order valence-corrected chi connectivity index (χ1v) is 5.38. The minimum Gasteiger partial charge on any atom is -0.508 e. The first-order chi connectivity index (χ1) is 7.34. The van der Waals surface area contributed by atoms with Gasteiger partial charge < -0.3 is 15.4 Å². The summed E-state index contributed by atoms with van der Waals surface area (Å²) in [7, 11) is 0. The highest BCUT2D eigenvalue weighted by molar-refractivity contribution is 5.82. The van der Waals surface area contributed by atoms with Crippen LogP contribution in [0.3, 0.4) is 0 Å². The molecule has 0 amide bonds. The molecule has 1 aromatic heterocycles. The summed E-state index contributed by atoms with van der Waals surface area (Å²) in [5, 5.41) is 14.4. The molecule has 1 fully saturated rings. The number of nitrogens with one attached hydrogen (secondary N) is 2. The molecule has 2 heterocycles. The third kappa shape index (κ3) is 1.39. The highest BCUT2D eigenvalue weighted by Gasteiger charge is 2.19. The second-order valence-electron chi connectivity index (χ2n) is 4.12. The van der Waals surface area contributed by atoms with Gasteiger partial charge in [0.05, 0.1) is 0 Å². The van der Waals surface area contributed by atoms with Gasteiger partial charge in [-0.3, -0.25) is 0 Å². The second kappa shape index (κ2) is 3.28. The molecule has 0 radical (unpaired) electrons. The molecule has 3 heteroatoms. The molecule has 0 unspecified atom stereocenters. The lowest BCUT2D eigenvalue weighted by molar-refractivity contribution is 0.458. The Balaban J connectivity index is 2.11. The zero-order valence-electron chi connectivity index (χ0n) is 8.46. The lowest BCUT2D eigenvalue weighted by Crippen LogP contribution is -2.12. The molecule has 0 aliphatic carbocycles. The molecule has 1 atom stereocenters. The van der Waals surface area contributed by atoms with Crippen molar-refractivity contribution >= 4 is 10.9 Å². The van der Waals surface area contributed by atoms with Crippen molar-refractivity contribution in [2.75, 3.05) is 6.54 Å². The first-order valence-electron chi connectivity index (χ1n) is 5.38. The van der Waals surface area contributed by atoms with Gasteiger partial charge in [0.2, 0.25) is 0 Å². The summed E-state index contributed by atoms with van der Waals surface area (Å²) >= 11 is 0. The average Bonchev–Trinajstić information content (AvgIpc) is 2.85. The molecule has 1 aliphatic heterocycles. The van der Waals surface area contributed by atoms with Gasteiger partial charge in [0.15, 0.2) is 0 Å². The summed E-state index contributed by atoms with van der Waals surface area (Å²) in [5.41, 5.74) is 2.11. The summed E-state index contributed by atoms with van der Waals surface area (Å²) in [6.07, 6.45) is 4.20. The van der Waals surface area contributed by atoms with E-state index in [0.717, 1.165) is 29.4 Å². The smallest absolute Gasteiger partial charge is 0.121 e. The van der Waals surface area contributed by atoms with Gasteiger partial charge in [-0.1, -0.05) is 0 Å². The molecule has 3 rings (SSSR count). The quantitative estimate of drug-likeness (QED) is 0.664. The number of rotatable bonds is 1. The van der Waals surface area contributed by atoms with Gasteiger partial charge in [-0.2, -0.15) is 0 Å². The van der Waals surface area contributed by atoms with Crippen molar-refractivity contribution in [3.8, 4) is 5.75 Å². The number of fused-ring (bicyclic) bond motifs is 1. The van der Waals surface area contributed by atoms with Gasteiger partial charge in [0.1, 0.15) is 5.75 Å². The predicted octanol–water partition coefficient (Wildman–Crippen LogP) is 2.30. The van der Waals surface area contributed by atoms with Crippen LogP contribution < -0.4 is 5.32 Å². The van der Waals surface area contributed by atoms with E-state index in [0.29, 0.717) is 11.8 Å². The number of hydrogen-bond acceptors (Lipinski definition) is 2. The number of benzene rings is 1. The Hall–Kier alpha value is -1.48. The van der Waals surface area contributed by atoms with Crippen LogP contribution in [-0.4, -0.2) is 16.6 Å². The predicted molar refractivity (Wildman–Crippen MR) is 59.9 cm³/mol. The molecule has 0 saturated carbocycles. The van der Waals surface area contributed by atoms with Crippen molar-refractivity contribution < 1.29 is 5.11 Å². The van der Waals surface area contributed by atoms with E-state index in [9.17, 15) is 5.11 Å². The SMILES string of the molecule is Oc1cc2cc[nH]c2cc1[C@H]1CCCN1. The number of aromatic amines is 1. The Labute approximate surface area is 88.1 Å². The van der Waals surface area contributed by atoms with Crippen LogP contribution in [0.5, 0.6) is 5.75 Å². The average molecular weight is 202 g/mol. The van der Waals surface area contributed by atoms with Crippen molar-refractivity contribution in [2.45, 2.75) is 18.9 Å². The third-order valence-corrected chi connectivity index (χ3v) is 3.14. The topological polar surface area (TPSA) is 48.0 Å². The van der Waals surface area contributed by atoms with Gasteiger partial charge >= 0.3 is 0 Å². The normalized spacial score (nSPS) is 21.2. The number of aromatic hydroxyl groups is 1. The van der Waals surface area contributed by atoms with E-state index in [2.05, 4.69) is 10.3 Å². The maximum Gasteiger partial charge on any atom is 0.121 e. The molecule has 0 bridgehead atoms. The van der Waals surface area contributed by atoms with E-state index in [-0.39, 0.29) is 0 Å². The minimum absolute atomic E-state index is 0.317. The van der Waals surface area contributed by atoms with Gasteiger partial charge in [-0.05, 0) is 37.6 Å². The zero-order valence-corrected chi connectivity index (χ0v) is 8.46. The lowest BCUT2D eigenvalue weighted by Gasteiger charge is -2.12. The summed E-state index contributed by atoms with van der Waals surface area (Å²) in [6, 6.07) is 6.17. The fourth-order valence-corrected chi connectivity index (χ4v) is 2.33. The number of phenols is 1. The molecule has 3 N–H and O–H groups in total. The molecule has 0 spiro atoms. The van der Waals surface area contributed by atoms with Gasteiger partial charge in [-0.25, -0.2) is 0 Å². The molecule has 2 aromatic rings. The number of phenolic OH excluding ortho intramolecular Hbond substituents is 1. The maximum absolute atomic E-state index is 9.93. The molecule has 3 nitrogen and oxygen atoms in total. The van der Waals surface area contributed by atoms with Crippen molar-refractivity contribution in [3.63, 3.8) is 0 Å². The fraction of sp³-hybridized carbons (Fsp3) is 0.333. The molecule has 15 heavy (non-hydrogen) atoms. The van der Waals surface area contributed by atoms with E-state index >= 15 is 0 Å². The van der Waals surface area contributed by atoms with E-state index in [1.807, 2.05) is 24.4 Å². The standard InChI is InChI=1S/C12H14N2O/c15-12-6-8-3-5-14-11(8)7-9(12)10-2-1-4-13-10/h3,5-7,10,13-15H,1-2,4H2/t10-/m1/s1. The molecule has 1 aliphatic rings. The van der Waals surface area contributed by atoms with Crippen LogP contribution >= 0.6 is 0 Å². The van der Waals surface area contributed by atoms with Crippen LogP contribution in [0.15, 0.2) is 24.4 Å². The fourth-order valence-electron chi connectivity index (χ4n) is 2.33. The highest BCUT2D eigenvalue weighted by atomic mass is 16.3. The Kier molecular flexibility index (Phi) is 1.92. The second-order valence-corrected chi connectivity index (χ2v) is 4.12. The Bertz CT molecular complexity index is 483. The molecular formula is C12H14N2O. The third-order valence-electron chi connectivity index (χ3n) is 3.14. The van der Waals surface area contributed by atoms with Crippen molar-refractivity contribution in [2.24, 2.45) is 0 Å². The van der Waals surface area contributed by atoms with Crippen molar-refractivity contribution in [3.05, 3.63) is 30.0 Å². The molecule has 1 saturated heterocycles. The highest BCUT2D eigenvalue weighted by Crippen LogP contribution is 2.33. The number of H-pyrrole nitrogens is 1. The summed E-state index contributed by atoms with van der Waals surface area (Å²) in [4.78, 5) is 3.17. The molecule has 78 valence electrons. The van der Waals surface area contributed by atoms with Crippen LogP contribution in [0.1, 0.15) is 24.4 Å². The first kappa shape index (κ1) is 8.80. The monoisotopic (exact) mass is 202 g/mol. The van der Waals surface area contributed by atoms with Gasteiger partial charge in [-0.15, -0.1) is 0 Å². The summed E-state index contributed by atoms with van der Waals surface area (Å²) in [5.74, 6) is 0.404. The summed E-state index contributed by atoms with van der Waals surface area (Å²) in [6.45, 7) is 1.05. The van der Waals surface area contributed by atoms with E-state index in [1.54, 1.807) is 0 Å². The van der Waals surface area contributed by atoms with Gasteiger partial charge in [0, 0.05) is 28.7 Å². The molecular weight excluding hydrogens is 188 g/mol. The van der Waals surface area contributed by atoms with Crippen LogP contribution in [-0.2, 0) is 0 Å². The largest absolute Gasteiger partial charge is 0.508 e. The van der Waals surface area contributed by atoms with Crippen LogP contribution in [0, 0.1) is 0 Å². The minimum atomic E-state index is 0.317. The Morgan fingerprint density at radius 2 is 2.27 bits per heavy atom. The van der Waals surface area contributed by atoms with Gasteiger partial charge in [0.25, 0.3) is 0 Å². The summed E-state index contributed by atoms with van der Waals surface area (Å²) < 4.78 is 0. The lowest BCUT2D eigenvalue weighted by atomic mass is 10.0. The van der Waals surface area contributed by atoms with E-state index < -0.39 is 0 Å². The Morgan fingerprint density at radius 1 is 1.33 bits per heavy atom. The van der Waals surface area contributed by atoms with Crippen molar-refractivity contribution in [1.82, 2.24) is 10.3 Å². The van der Waals surface area contributed by atoms with Crippen LogP contribution in [0.25, 0.3) is 10.9 Å². The Morgan fingerprint density at radius 3 is 3.07 bits per heavy atom. The maximum atomic E-state index is 9.93. The van der Waals surface area contributed by atoms with E-state index in [4.69, 9.17) is 0 Å². The van der Waals surface area contributed by atoms with Crippen LogP contribution in [0.2, 0.25) is 0 Å². The number of hydrogen-bond donors (Lipinski definition) is 3. The molecule has 1 aromatic carbocycles. The van der Waals surface area contributed by atoms with Crippen molar-refractivity contribution in [1.29, 1.82) is 0 Å².